The van der Waals surface area contributed by atoms with Crippen LogP contribution in [0.2, 0.25) is 5.02 Å². The minimum Gasteiger partial charge on any atom is -0.330 e. The van der Waals surface area contributed by atoms with Crippen LogP contribution in [-0.2, 0) is 12.9 Å². The molecule has 0 spiro atoms. The van der Waals surface area contributed by atoms with Gasteiger partial charge < -0.3 is 4.57 Å². The third-order valence-corrected chi connectivity index (χ3v) is 2.62. The van der Waals surface area contributed by atoms with Crippen molar-refractivity contribution in [2.24, 2.45) is 7.05 Å². The number of imidazole rings is 1. The maximum absolute atomic E-state index is 5.98. The molecule has 0 fully saturated rings. The van der Waals surface area contributed by atoms with Crippen LogP contribution in [0.4, 0.5) is 0 Å². The first-order valence-electron chi connectivity index (χ1n) is 3.90. The van der Waals surface area contributed by atoms with E-state index in [1.807, 2.05) is 29.8 Å². The Balaban J connectivity index is 2.83. The smallest absolute Gasteiger partial charge is 0.124 e. The summed E-state index contributed by atoms with van der Waals surface area (Å²) in [5, 5.41) is 0.671. The molecule has 0 aliphatic heterocycles. The van der Waals surface area contributed by atoms with Crippen molar-refractivity contribution in [2.75, 3.05) is 0 Å². The highest BCUT2D eigenvalue weighted by Crippen LogP contribution is 2.23. The van der Waals surface area contributed by atoms with E-state index in [1.165, 1.54) is 0 Å². The molecule has 0 saturated carbocycles. The van der Waals surface area contributed by atoms with Crippen molar-refractivity contribution < 1.29 is 0 Å². The highest BCUT2D eigenvalue weighted by atomic mass is 35.5. The van der Waals surface area contributed by atoms with E-state index in [1.54, 1.807) is 0 Å². The van der Waals surface area contributed by atoms with E-state index in [0.717, 1.165) is 16.9 Å². The normalized spacial score (nSPS) is 11.0. The molecular formula is C9H8Cl2N2. The molecule has 0 amide bonds. The summed E-state index contributed by atoms with van der Waals surface area (Å²) in [6.45, 7) is 0. The van der Waals surface area contributed by atoms with E-state index >= 15 is 0 Å². The summed E-state index contributed by atoms with van der Waals surface area (Å²) in [5.74, 6) is 1.24. The maximum atomic E-state index is 5.98. The van der Waals surface area contributed by atoms with Crippen molar-refractivity contribution in [3.05, 3.63) is 29.0 Å². The molecule has 0 saturated heterocycles. The molecule has 4 heteroatoms. The average molecular weight is 215 g/mol. The molecule has 2 nitrogen and oxygen atoms in total. The molecule has 0 bridgehead atoms. The Morgan fingerprint density at radius 2 is 2.23 bits per heavy atom. The van der Waals surface area contributed by atoms with Crippen LogP contribution in [0.1, 0.15) is 5.82 Å². The molecule has 13 heavy (non-hydrogen) atoms. The number of aromatic nitrogens is 2. The van der Waals surface area contributed by atoms with Crippen LogP contribution in [0, 0.1) is 0 Å². The lowest BCUT2D eigenvalue weighted by Gasteiger charge is -1.96. The molecule has 2 rings (SSSR count). The van der Waals surface area contributed by atoms with Crippen molar-refractivity contribution in [3.8, 4) is 0 Å². The van der Waals surface area contributed by atoms with Crippen LogP contribution in [0.5, 0.6) is 0 Å². The lowest BCUT2D eigenvalue weighted by Crippen LogP contribution is -1.93. The van der Waals surface area contributed by atoms with Crippen LogP contribution in [0.15, 0.2) is 18.2 Å². The van der Waals surface area contributed by atoms with Crippen molar-refractivity contribution in [2.45, 2.75) is 5.88 Å². The summed E-state index contributed by atoms with van der Waals surface area (Å²) in [6, 6.07) is 5.71. The fourth-order valence-corrected chi connectivity index (χ4v) is 1.80. The van der Waals surface area contributed by atoms with Crippen LogP contribution >= 0.6 is 23.2 Å². The number of halogens is 2. The Morgan fingerprint density at radius 3 is 2.85 bits per heavy atom. The SMILES string of the molecule is Cn1c(CCl)nc2c(Cl)cccc21. The Labute approximate surface area is 86.1 Å². The third-order valence-electron chi connectivity index (χ3n) is 2.07. The molecular weight excluding hydrogens is 207 g/mol. The fraction of sp³-hybridized carbons (Fsp3) is 0.222. The van der Waals surface area contributed by atoms with Gasteiger partial charge in [-0.05, 0) is 12.1 Å². The van der Waals surface area contributed by atoms with E-state index < -0.39 is 0 Å². The first kappa shape index (κ1) is 8.85. The van der Waals surface area contributed by atoms with E-state index in [9.17, 15) is 0 Å². The van der Waals surface area contributed by atoms with Crippen LogP contribution in [0.3, 0.4) is 0 Å². The molecule has 0 aliphatic carbocycles. The van der Waals surface area contributed by atoms with Gasteiger partial charge in [-0.15, -0.1) is 11.6 Å². The van der Waals surface area contributed by atoms with Crippen LogP contribution in [0.25, 0.3) is 11.0 Å². The third kappa shape index (κ3) is 1.30. The van der Waals surface area contributed by atoms with Gasteiger partial charge in [0.15, 0.2) is 0 Å². The van der Waals surface area contributed by atoms with E-state index in [2.05, 4.69) is 4.98 Å². The minimum absolute atomic E-state index is 0.404. The first-order chi connectivity index (χ1) is 6.24. The number of aryl methyl sites for hydroxylation is 1. The standard InChI is InChI=1S/C9H8Cl2N2/c1-13-7-4-2-3-6(11)9(7)12-8(13)5-10/h2-4H,5H2,1H3. The van der Waals surface area contributed by atoms with Gasteiger partial charge in [0.05, 0.1) is 16.4 Å². The van der Waals surface area contributed by atoms with Gasteiger partial charge in [0, 0.05) is 7.05 Å². The molecule has 0 N–H and O–H groups in total. The summed E-state index contributed by atoms with van der Waals surface area (Å²) in [6.07, 6.45) is 0. The predicted molar refractivity (Wildman–Crippen MR) is 55.3 cm³/mol. The number of rotatable bonds is 1. The van der Waals surface area contributed by atoms with Gasteiger partial charge in [0.1, 0.15) is 11.3 Å². The molecule has 1 aromatic heterocycles. The van der Waals surface area contributed by atoms with Gasteiger partial charge in [-0.3, -0.25) is 0 Å². The van der Waals surface area contributed by atoms with Gasteiger partial charge in [-0.2, -0.15) is 0 Å². The minimum atomic E-state index is 0.404. The molecule has 1 heterocycles. The number of hydrogen-bond donors (Lipinski definition) is 0. The number of para-hydroxylation sites is 1. The number of nitrogens with zero attached hydrogens (tertiary/aromatic N) is 2. The molecule has 1 aromatic carbocycles. The Bertz CT molecular complexity index is 448. The van der Waals surface area contributed by atoms with Crippen LogP contribution in [-0.4, -0.2) is 9.55 Å². The van der Waals surface area contributed by atoms with Crippen LogP contribution < -0.4 is 0 Å². The van der Waals surface area contributed by atoms with Crippen molar-refractivity contribution in [1.82, 2.24) is 9.55 Å². The second-order valence-corrected chi connectivity index (χ2v) is 3.50. The zero-order chi connectivity index (χ0) is 9.42. The van der Waals surface area contributed by atoms with E-state index in [0.29, 0.717) is 10.9 Å². The Hall–Kier alpha value is -0.730. The van der Waals surface area contributed by atoms with Gasteiger partial charge in [-0.1, -0.05) is 17.7 Å². The second kappa shape index (κ2) is 3.20. The number of benzene rings is 1. The zero-order valence-electron chi connectivity index (χ0n) is 7.09. The molecule has 68 valence electrons. The summed E-state index contributed by atoms with van der Waals surface area (Å²) in [5.41, 5.74) is 1.84. The molecule has 0 aliphatic rings. The highest BCUT2D eigenvalue weighted by Gasteiger charge is 2.08. The number of fused-ring (bicyclic) bond motifs is 1. The summed E-state index contributed by atoms with van der Waals surface area (Å²) < 4.78 is 1.95. The van der Waals surface area contributed by atoms with E-state index in [-0.39, 0.29) is 0 Å². The fourth-order valence-electron chi connectivity index (χ4n) is 1.35. The summed E-state index contributed by atoms with van der Waals surface area (Å²) in [4.78, 5) is 4.33. The number of alkyl halides is 1. The van der Waals surface area contributed by atoms with E-state index in [4.69, 9.17) is 23.2 Å². The van der Waals surface area contributed by atoms with Gasteiger partial charge in [-0.25, -0.2) is 4.98 Å². The zero-order valence-corrected chi connectivity index (χ0v) is 8.60. The van der Waals surface area contributed by atoms with Gasteiger partial charge in [0.2, 0.25) is 0 Å². The molecule has 2 aromatic rings. The molecule has 0 atom stereocenters. The quantitative estimate of drug-likeness (QED) is 0.668. The van der Waals surface area contributed by atoms with Gasteiger partial charge >= 0.3 is 0 Å². The molecule has 0 unspecified atom stereocenters. The Kier molecular flexibility index (Phi) is 2.18. The highest BCUT2D eigenvalue weighted by molar-refractivity contribution is 6.34. The first-order valence-corrected chi connectivity index (χ1v) is 4.81. The predicted octanol–water partition coefficient (Wildman–Crippen LogP) is 2.97. The number of hydrogen-bond acceptors (Lipinski definition) is 1. The lowest BCUT2D eigenvalue weighted by atomic mass is 10.3. The monoisotopic (exact) mass is 214 g/mol. The lowest BCUT2D eigenvalue weighted by molar-refractivity contribution is 0.874. The van der Waals surface area contributed by atoms with Gasteiger partial charge in [0.25, 0.3) is 0 Å². The average Bonchev–Trinajstić information content (AvgIpc) is 2.45. The van der Waals surface area contributed by atoms with Crippen molar-refractivity contribution >= 4 is 34.2 Å². The second-order valence-electron chi connectivity index (χ2n) is 2.83. The van der Waals surface area contributed by atoms with Crippen molar-refractivity contribution in [3.63, 3.8) is 0 Å². The summed E-state index contributed by atoms with van der Waals surface area (Å²) in [7, 11) is 1.93. The van der Waals surface area contributed by atoms with Crippen molar-refractivity contribution in [1.29, 1.82) is 0 Å². The molecule has 0 radical (unpaired) electrons. The Morgan fingerprint density at radius 1 is 1.46 bits per heavy atom. The summed E-state index contributed by atoms with van der Waals surface area (Å²) >= 11 is 11.7. The largest absolute Gasteiger partial charge is 0.330 e. The maximum Gasteiger partial charge on any atom is 0.124 e. The topological polar surface area (TPSA) is 17.8 Å².